The number of carboxylic acid groups (broad SMARTS) is 1. The van der Waals surface area contributed by atoms with Crippen LogP contribution in [-0.4, -0.2) is 28.5 Å². The lowest BCUT2D eigenvalue weighted by atomic mass is 9.69. The van der Waals surface area contributed by atoms with Crippen LogP contribution >= 0.6 is 0 Å². The number of benzene rings is 2. The monoisotopic (exact) mass is 504 g/mol. The van der Waals surface area contributed by atoms with Crippen LogP contribution < -0.4 is 5.32 Å². The second-order valence-electron chi connectivity index (χ2n) is 11.6. The molecule has 1 aliphatic rings. The van der Waals surface area contributed by atoms with Gasteiger partial charge in [-0.05, 0) is 83.9 Å². The van der Waals surface area contributed by atoms with Crippen molar-refractivity contribution in [2.45, 2.75) is 98.3 Å². The molecule has 1 heterocycles. The molecule has 0 aromatic heterocycles. The molecule has 3 N–H and O–H groups in total. The van der Waals surface area contributed by atoms with Gasteiger partial charge in [-0.25, -0.2) is 0 Å². The lowest BCUT2D eigenvalue weighted by molar-refractivity contribution is -0.136. The van der Waals surface area contributed by atoms with Crippen LogP contribution in [0.5, 0.6) is 0 Å². The van der Waals surface area contributed by atoms with E-state index in [0.29, 0.717) is 5.57 Å². The number of carboxylic acids is 1. The van der Waals surface area contributed by atoms with E-state index in [2.05, 4.69) is 95.2 Å². The van der Waals surface area contributed by atoms with Gasteiger partial charge in [-0.1, -0.05) is 71.0 Å². The van der Waals surface area contributed by atoms with Crippen molar-refractivity contribution in [3.8, 4) is 0 Å². The molecule has 0 radical (unpaired) electrons. The zero-order valence-corrected chi connectivity index (χ0v) is 23.6. The largest absolute Gasteiger partial charge is 0.481 e. The topological polar surface area (TPSA) is 81.9 Å². The zero-order valence-electron chi connectivity index (χ0n) is 23.6. The summed E-state index contributed by atoms with van der Waals surface area (Å²) in [6.07, 6.45) is 6.47. The molecule has 0 saturated heterocycles. The SMILES string of the molecule is CCC(CC)(c1ccc(CCC(O)C(C)(C)C)c(C)c1)c1ccc(C2N=CC(CC(=O)O)=CN2)c(C)c1. The summed E-state index contributed by atoms with van der Waals surface area (Å²) in [5, 5.41) is 22.8. The predicted molar refractivity (Wildman–Crippen MR) is 152 cm³/mol. The highest BCUT2D eigenvalue weighted by molar-refractivity contribution is 5.87. The van der Waals surface area contributed by atoms with Crippen LogP contribution in [0.3, 0.4) is 0 Å². The molecule has 2 aromatic rings. The Balaban J connectivity index is 1.85. The number of nitrogens with zero attached hydrogens (tertiary/aromatic N) is 1. The summed E-state index contributed by atoms with van der Waals surface area (Å²) in [5.74, 6) is -0.861. The van der Waals surface area contributed by atoms with Gasteiger partial charge in [-0.3, -0.25) is 9.79 Å². The number of hydrogen-bond acceptors (Lipinski definition) is 4. The maximum atomic E-state index is 11.0. The molecule has 2 unspecified atom stereocenters. The highest BCUT2D eigenvalue weighted by atomic mass is 16.4. The van der Waals surface area contributed by atoms with Gasteiger partial charge in [0.1, 0.15) is 6.17 Å². The van der Waals surface area contributed by atoms with Crippen molar-refractivity contribution in [2.75, 3.05) is 0 Å². The summed E-state index contributed by atoms with van der Waals surface area (Å²) in [6, 6.07) is 13.6. The van der Waals surface area contributed by atoms with Gasteiger partial charge in [0.15, 0.2) is 0 Å². The van der Waals surface area contributed by atoms with Gasteiger partial charge in [0.25, 0.3) is 0 Å². The normalized spacial score (nSPS) is 16.8. The number of aliphatic carboxylic acids is 1. The first-order valence-corrected chi connectivity index (χ1v) is 13.5. The van der Waals surface area contributed by atoms with Crippen LogP contribution in [-0.2, 0) is 16.6 Å². The molecule has 200 valence electrons. The van der Waals surface area contributed by atoms with E-state index in [-0.39, 0.29) is 29.5 Å². The van der Waals surface area contributed by atoms with E-state index >= 15 is 0 Å². The van der Waals surface area contributed by atoms with Gasteiger partial charge in [-0.2, -0.15) is 0 Å². The number of nitrogens with one attached hydrogen (secondary N) is 1. The molecule has 2 aromatic carbocycles. The molecule has 5 nitrogen and oxygen atoms in total. The summed E-state index contributed by atoms with van der Waals surface area (Å²) >= 11 is 0. The van der Waals surface area contributed by atoms with Crippen LogP contribution in [0.1, 0.15) is 99.8 Å². The first kappa shape index (κ1) is 28.6. The predicted octanol–water partition coefficient (Wildman–Crippen LogP) is 6.78. The molecule has 0 bridgehead atoms. The molecule has 1 aliphatic heterocycles. The van der Waals surface area contributed by atoms with Crippen molar-refractivity contribution in [1.29, 1.82) is 0 Å². The maximum absolute atomic E-state index is 11.0. The van der Waals surface area contributed by atoms with Crippen molar-refractivity contribution in [3.63, 3.8) is 0 Å². The second-order valence-corrected chi connectivity index (χ2v) is 11.6. The van der Waals surface area contributed by atoms with Gasteiger partial charge in [0.2, 0.25) is 0 Å². The fourth-order valence-electron chi connectivity index (χ4n) is 5.39. The van der Waals surface area contributed by atoms with Gasteiger partial charge < -0.3 is 15.5 Å². The summed E-state index contributed by atoms with van der Waals surface area (Å²) in [5.41, 5.74) is 7.95. The number of carbonyl (C=O) groups is 1. The Morgan fingerprint density at radius 3 is 2.14 bits per heavy atom. The van der Waals surface area contributed by atoms with Crippen molar-refractivity contribution < 1.29 is 15.0 Å². The molecule has 37 heavy (non-hydrogen) atoms. The molecule has 3 rings (SSSR count). The van der Waals surface area contributed by atoms with E-state index in [1.165, 1.54) is 22.3 Å². The Morgan fingerprint density at radius 1 is 1.03 bits per heavy atom. The maximum Gasteiger partial charge on any atom is 0.307 e. The van der Waals surface area contributed by atoms with Gasteiger partial charge in [-0.15, -0.1) is 0 Å². The van der Waals surface area contributed by atoms with E-state index < -0.39 is 5.97 Å². The third-order valence-electron chi connectivity index (χ3n) is 8.08. The number of hydrogen-bond donors (Lipinski definition) is 3. The smallest absolute Gasteiger partial charge is 0.307 e. The van der Waals surface area contributed by atoms with E-state index in [1.807, 2.05) is 0 Å². The number of aliphatic hydroxyl groups excluding tert-OH is 1. The fourth-order valence-corrected chi connectivity index (χ4v) is 5.39. The molecule has 5 heteroatoms. The summed E-state index contributed by atoms with van der Waals surface area (Å²) < 4.78 is 0. The van der Waals surface area contributed by atoms with Gasteiger partial charge in [0.05, 0.1) is 12.5 Å². The minimum atomic E-state index is -0.861. The zero-order chi connectivity index (χ0) is 27.4. The number of aliphatic imine (C=N–C) groups is 1. The standard InChI is InChI=1S/C32H44N2O3/c1-8-32(9-2,25-12-10-24(21(3)16-25)11-15-28(35)31(5,6)7)26-13-14-27(22(4)17-26)30-33-19-23(20-34-30)18-29(36)37/h10,12-14,16-17,19-20,28,30,33,35H,8-9,11,15,18H2,1-7H3,(H,36,37). The molecular weight excluding hydrogens is 460 g/mol. The highest BCUT2D eigenvalue weighted by Gasteiger charge is 2.32. The number of aryl methyl sites for hydroxylation is 3. The highest BCUT2D eigenvalue weighted by Crippen LogP contribution is 2.41. The van der Waals surface area contributed by atoms with E-state index in [9.17, 15) is 9.90 Å². The molecular formula is C32H44N2O3. The third-order valence-corrected chi connectivity index (χ3v) is 8.08. The lowest BCUT2D eigenvalue weighted by Crippen LogP contribution is -2.27. The average molecular weight is 505 g/mol. The Bertz CT molecular complexity index is 1170. The fraction of sp³-hybridized carbons (Fsp3) is 0.500. The van der Waals surface area contributed by atoms with E-state index in [0.717, 1.165) is 36.8 Å². The molecule has 2 atom stereocenters. The molecule has 0 aliphatic carbocycles. The lowest BCUT2D eigenvalue weighted by Gasteiger charge is -2.35. The quantitative estimate of drug-likeness (QED) is 0.333. The Hall–Kier alpha value is -2.92. The van der Waals surface area contributed by atoms with Crippen LogP contribution in [0.2, 0.25) is 0 Å². The average Bonchev–Trinajstić information content (AvgIpc) is 2.84. The molecule has 0 saturated carbocycles. The number of rotatable bonds is 10. The van der Waals surface area contributed by atoms with Gasteiger partial charge >= 0.3 is 5.97 Å². The van der Waals surface area contributed by atoms with E-state index in [1.54, 1.807) is 12.4 Å². The van der Waals surface area contributed by atoms with Crippen molar-refractivity contribution in [1.82, 2.24) is 5.32 Å². The minimum Gasteiger partial charge on any atom is -0.481 e. The second kappa shape index (κ2) is 11.6. The number of aliphatic hydroxyl groups is 1. The van der Waals surface area contributed by atoms with Gasteiger partial charge in [0, 0.05) is 17.8 Å². The van der Waals surface area contributed by atoms with Crippen LogP contribution in [0, 0.1) is 19.3 Å². The van der Waals surface area contributed by atoms with Crippen LogP contribution in [0.25, 0.3) is 0 Å². The van der Waals surface area contributed by atoms with Crippen molar-refractivity contribution in [2.24, 2.45) is 10.4 Å². The minimum absolute atomic E-state index is 0.0357. The molecule has 0 spiro atoms. The van der Waals surface area contributed by atoms with Crippen molar-refractivity contribution >= 4 is 12.2 Å². The molecule has 0 amide bonds. The first-order chi connectivity index (χ1) is 17.4. The third kappa shape index (κ3) is 6.51. The Morgan fingerprint density at radius 2 is 1.65 bits per heavy atom. The van der Waals surface area contributed by atoms with Crippen molar-refractivity contribution in [3.05, 3.63) is 81.6 Å². The summed E-state index contributed by atoms with van der Waals surface area (Å²) in [4.78, 5) is 15.5. The summed E-state index contributed by atoms with van der Waals surface area (Å²) in [6.45, 7) is 15.1. The Labute approximate surface area is 222 Å². The summed E-state index contributed by atoms with van der Waals surface area (Å²) in [7, 11) is 0. The Kier molecular flexibility index (Phi) is 9.01. The van der Waals surface area contributed by atoms with E-state index in [4.69, 9.17) is 5.11 Å². The van der Waals surface area contributed by atoms with Crippen LogP contribution in [0.4, 0.5) is 0 Å². The van der Waals surface area contributed by atoms with Crippen LogP contribution in [0.15, 0.2) is 53.2 Å². The molecule has 0 fully saturated rings. The first-order valence-electron chi connectivity index (χ1n) is 13.5.